The first kappa shape index (κ1) is 10.9. The molecule has 0 atom stereocenters. The summed E-state index contributed by atoms with van der Waals surface area (Å²) >= 11 is 0. The first-order valence-electron chi connectivity index (χ1n) is 4.66. The summed E-state index contributed by atoms with van der Waals surface area (Å²) < 4.78 is 6.10. The number of imidazole rings is 1. The predicted molar refractivity (Wildman–Crippen MR) is 59.9 cm³/mol. The summed E-state index contributed by atoms with van der Waals surface area (Å²) in [5, 5.41) is 0. The number of hydrogen-bond acceptors (Lipinski definition) is 7. The monoisotopic (exact) mass is 237 g/mol. The molecule has 0 spiro atoms. The highest BCUT2D eigenvalue weighted by atomic mass is 16.5. The summed E-state index contributed by atoms with van der Waals surface area (Å²) in [5.74, 6) is 0.383. The Bertz CT molecular complexity index is 564. The van der Waals surface area contributed by atoms with Crippen molar-refractivity contribution in [1.29, 1.82) is 0 Å². The molecule has 2 aromatic rings. The van der Waals surface area contributed by atoms with E-state index < -0.39 is 6.09 Å². The summed E-state index contributed by atoms with van der Waals surface area (Å²) in [6, 6.07) is 0. The number of nitrogens with one attached hydrogen (secondary N) is 2. The van der Waals surface area contributed by atoms with Gasteiger partial charge in [-0.2, -0.15) is 9.97 Å². The first-order valence-corrected chi connectivity index (χ1v) is 4.66. The van der Waals surface area contributed by atoms with Gasteiger partial charge in [0.1, 0.15) is 0 Å². The van der Waals surface area contributed by atoms with Crippen LogP contribution in [-0.4, -0.2) is 32.7 Å². The van der Waals surface area contributed by atoms with Crippen LogP contribution in [0.1, 0.15) is 0 Å². The number of fused-ring (bicyclic) bond motifs is 1. The lowest BCUT2D eigenvalue weighted by Crippen LogP contribution is -2.29. The van der Waals surface area contributed by atoms with Crippen molar-refractivity contribution in [3.05, 3.63) is 6.33 Å². The molecule has 0 unspecified atom stereocenters. The van der Waals surface area contributed by atoms with Gasteiger partial charge in [0.25, 0.3) is 0 Å². The van der Waals surface area contributed by atoms with Crippen LogP contribution in [0.4, 0.5) is 16.6 Å². The van der Waals surface area contributed by atoms with Gasteiger partial charge in [0.2, 0.25) is 5.95 Å². The van der Waals surface area contributed by atoms with Gasteiger partial charge in [0, 0.05) is 7.05 Å². The number of carbonyl (C=O) groups is 1. The normalized spacial score (nSPS) is 10.2. The van der Waals surface area contributed by atoms with Crippen LogP contribution >= 0.6 is 0 Å². The van der Waals surface area contributed by atoms with Gasteiger partial charge in [-0.25, -0.2) is 15.2 Å². The molecule has 2 aromatic heterocycles. The van der Waals surface area contributed by atoms with Crippen LogP contribution in [0.2, 0.25) is 0 Å². The van der Waals surface area contributed by atoms with Crippen molar-refractivity contribution in [2.75, 3.05) is 18.3 Å². The van der Waals surface area contributed by atoms with Crippen LogP contribution in [0, 0.1) is 0 Å². The van der Waals surface area contributed by atoms with Crippen molar-refractivity contribution in [1.82, 2.24) is 24.9 Å². The molecule has 0 aromatic carbocycles. The molecule has 2 heterocycles. The van der Waals surface area contributed by atoms with Crippen LogP contribution in [-0.2, 0) is 11.8 Å². The molecular formula is C8H11N7O2. The number of nitrogens with zero attached hydrogens (tertiary/aromatic N) is 4. The minimum atomic E-state index is -0.647. The Hall–Kier alpha value is -2.58. The quantitative estimate of drug-likeness (QED) is 0.609. The summed E-state index contributed by atoms with van der Waals surface area (Å²) in [6.07, 6.45) is 0.925. The van der Waals surface area contributed by atoms with E-state index in [1.165, 1.54) is 7.11 Å². The highest BCUT2D eigenvalue weighted by Crippen LogP contribution is 2.17. The molecule has 9 nitrogen and oxygen atoms in total. The third-order valence-corrected chi connectivity index (χ3v) is 2.05. The lowest BCUT2D eigenvalue weighted by atomic mass is 10.5. The Morgan fingerprint density at radius 3 is 3.00 bits per heavy atom. The number of methoxy groups -OCH3 is 1. The van der Waals surface area contributed by atoms with Crippen LogP contribution in [0.3, 0.4) is 0 Å². The second-order valence-corrected chi connectivity index (χ2v) is 3.20. The maximum Gasteiger partial charge on any atom is 0.425 e. The number of anilines is 2. The summed E-state index contributed by atoms with van der Waals surface area (Å²) in [4.78, 5) is 23.0. The van der Waals surface area contributed by atoms with Crippen molar-refractivity contribution in [2.45, 2.75) is 0 Å². The second kappa shape index (κ2) is 4.12. The highest BCUT2D eigenvalue weighted by Gasteiger charge is 2.11. The number of nitrogens with two attached hydrogens (primary N) is 1. The minimum absolute atomic E-state index is 0.0789. The fourth-order valence-corrected chi connectivity index (χ4v) is 1.27. The van der Waals surface area contributed by atoms with E-state index in [-0.39, 0.29) is 5.95 Å². The molecule has 0 saturated heterocycles. The maximum absolute atomic E-state index is 10.9. The van der Waals surface area contributed by atoms with Crippen LogP contribution in [0.5, 0.6) is 0 Å². The van der Waals surface area contributed by atoms with E-state index in [4.69, 9.17) is 5.73 Å². The van der Waals surface area contributed by atoms with E-state index in [1.54, 1.807) is 17.9 Å². The molecule has 0 aliphatic carbocycles. The average Bonchev–Trinajstić information content (AvgIpc) is 2.68. The smallest absolute Gasteiger partial charge is 0.425 e. The minimum Gasteiger partial charge on any atom is -0.452 e. The largest absolute Gasteiger partial charge is 0.452 e. The van der Waals surface area contributed by atoms with Gasteiger partial charge < -0.3 is 15.0 Å². The molecule has 0 bridgehead atoms. The second-order valence-electron chi connectivity index (χ2n) is 3.20. The number of aryl methyl sites for hydroxylation is 1. The van der Waals surface area contributed by atoms with Gasteiger partial charge in [-0.3, -0.25) is 5.43 Å². The van der Waals surface area contributed by atoms with Crippen molar-refractivity contribution in [2.24, 2.45) is 7.05 Å². The van der Waals surface area contributed by atoms with E-state index in [1.807, 2.05) is 0 Å². The Kier molecular flexibility index (Phi) is 2.65. The van der Waals surface area contributed by atoms with Gasteiger partial charge in [-0.05, 0) is 0 Å². The molecule has 17 heavy (non-hydrogen) atoms. The number of carbonyl (C=O) groups excluding carboxylic acids is 1. The predicted octanol–water partition coefficient (Wildman–Crippen LogP) is -0.372. The number of hydrogen-bond donors (Lipinski definition) is 3. The Balaban J connectivity index is 2.36. The molecule has 2 rings (SSSR count). The van der Waals surface area contributed by atoms with Gasteiger partial charge in [-0.15, -0.1) is 0 Å². The van der Waals surface area contributed by atoms with Gasteiger partial charge in [-0.1, -0.05) is 0 Å². The topological polar surface area (TPSA) is 120 Å². The Morgan fingerprint density at radius 2 is 2.29 bits per heavy atom. The summed E-state index contributed by atoms with van der Waals surface area (Å²) in [6.45, 7) is 0. The molecular weight excluding hydrogens is 226 g/mol. The average molecular weight is 237 g/mol. The van der Waals surface area contributed by atoms with E-state index in [2.05, 4.69) is 30.5 Å². The zero-order valence-electron chi connectivity index (χ0n) is 9.26. The van der Waals surface area contributed by atoms with Crippen LogP contribution in [0.15, 0.2) is 6.33 Å². The number of amides is 1. The zero-order valence-corrected chi connectivity index (χ0v) is 9.26. The number of hydrazine groups is 1. The number of nitrogen functional groups attached to an aromatic ring is 1. The van der Waals surface area contributed by atoms with Crippen LogP contribution < -0.4 is 16.6 Å². The fraction of sp³-hybridized carbons (Fsp3) is 0.250. The van der Waals surface area contributed by atoms with E-state index >= 15 is 0 Å². The lowest BCUT2D eigenvalue weighted by molar-refractivity contribution is 0.173. The number of rotatable bonds is 2. The SMILES string of the molecule is COC(=O)NNc1nc(N)nc2c1ncn2C. The summed E-state index contributed by atoms with van der Waals surface area (Å²) in [7, 11) is 3.03. The standard InChI is InChI=1S/C8H11N7O2/c1-15-3-10-4-5(13-14-8(16)17-2)11-7(9)12-6(4)15/h3H,1-2H3,(H,14,16)(H3,9,11,12,13). The van der Waals surface area contributed by atoms with Gasteiger partial charge in [0.15, 0.2) is 17.0 Å². The van der Waals surface area contributed by atoms with E-state index in [0.717, 1.165) is 0 Å². The highest BCUT2D eigenvalue weighted by molar-refractivity contribution is 5.84. The maximum atomic E-state index is 10.9. The molecule has 4 N–H and O–H groups in total. The molecule has 90 valence electrons. The van der Waals surface area contributed by atoms with Crippen molar-refractivity contribution >= 4 is 29.0 Å². The Labute approximate surface area is 96.0 Å². The molecule has 0 saturated carbocycles. The van der Waals surface area contributed by atoms with Crippen molar-refractivity contribution in [3.63, 3.8) is 0 Å². The molecule has 9 heteroatoms. The fourth-order valence-electron chi connectivity index (χ4n) is 1.27. The molecule has 0 fully saturated rings. The summed E-state index contributed by atoms with van der Waals surface area (Å²) in [5.41, 5.74) is 11.4. The molecule has 0 aliphatic heterocycles. The molecule has 0 radical (unpaired) electrons. The third-order valence-electron chi connectivity index (χ3n) is 2.05. The van der Waals surface area contributed by atoms with Crippen LogP contribution in [0.25, 0.3) is 11.2 Å². The van der Waals surface area contributed by atoms with E-state index in [9.17, 15) is 4.79 Å². The number of aromatic nitrogens is 4. The molecule has 0 aliphatic rings. The first-order chi connectivity index (χ1) is 8.11. The van der Waals surface area contributed by atoms with Gasteiger partial charge in [0.05, 0.1) is 13.4 Å². The third kappa shape index (κ3) is 2.02. The lowest BCUT2D eigenvalue weighted by Gasteiger charge is -2.07. The Morgan fingerprint density at radius 1 is 1.53 bits per heavy atom. The van der Waals surface area contributed by atoms with Crippen molar-refractivity contribution in [3.8, 4) is 0 Å². The zero-order chi connectivity index (χ0) is 12.4. The molecule has 1 amide bonds. The number of ether oxygens (including phenoxy) is 1. The van der Waals surface area contributed by atoms with Crippen molar-refractivity contribution < 1.29 is 9.53 Å². The van der Waals surface area contributed by atoms with Gasteiger partial charge >= 0.3 is 6.09 Å². The van der Waals surface area contributed by atoms with E-state index in [0.29, 0.717) is 17.0 Å².